The van der Waals surface area contributed by atoms with Crippen LogP contribution in [0.15, 0.2) is 41.0 Å². The molecule has 5 heteroatoms. The first-order valence-corrected chi connectivity index (χ1v) is 7.28. The maximum absolute atomic E-state index is 11.7. The van der Waals surface area contributed by atoms with Gasteiger partial charge >= 0.3 is 0 Å². The third kappa shape index (κ3) is 4.74. The number of hydrogen-bond donors (Lipinski definition) is 1. The van der Waals surface area contributed by atoms with Crippen molar-refractivity contribution < 1.29 is 9.53 Å². The summed E-state index contributed by atoms with van der Waals surface area (Å²) in [4.78, 5) is 11.7. The van der Waals surface area contributed by atoms with E-state index in [1.165, 1.54) is 5.57 Å². The molecule has 0 heterocycles. The Balaban J connectivity index is 1.75. The standard InChI is InChI=1S/C17H19N3O2/c1-13-6-8-14(9-7-13)11-19-20-17(21)12-22-16-5-3-2-4-15(16)10-18/h2-6,11,14H,7-9,12H2,1H3,(H,20,21)/t14-/m1/s1. The largest absolute Gasteiger partial charge is 0.482 e. The molecular weight excluding hydrogens is 278 g/mol. The molecule has 1 aliphatic carbocycles. The Labute approximate surface area is 130 Å². The van der Waals surface area contributed by atoms with Crippen LogP contribution >= 0.6 is 0 Å². The van der Waals surface area contributed by atoms with E-state index in [4.69, 9.17) is 10.00 Å². The van der Waals surface area contributed by atoms with Crippen LogP contribution in [-0.4, -0.2) is 18.7 Å². The Morgan fingerprint density at radius 2 is 2.36 bits per heavy atom. The summed E-state index contributed by atoms with van der Waals surface area (Å²) < 4.78 is 5.33. The van der Waals surface area contributed by atoms with E-state index in [9.17, 15) is 4.79 Å². The summed E-state index contributed by atoms with van der Waals surface area (Å²) in [6, 6.07) is 8.82. The maximum Gasteiger partial charge on any atom is 0.277 e. The number of allylic oxidation sites excluding steroid dienone is 2. The zero-order chi connectivity index (χ0) is 15.8. The molecule has 1 atom stereocenters. The van der Waals surface area contributed by atoms with Crippen molar-refractivity contribution in [3.63, 3.8) is 0 Å². The molecule has 0 saturated heterocycles. The molecule has 0 unspecified atom stereocenters. The second-order valence-electron chi connectivity index (χ2n) is 5.29. The summed E-state index contributed by atoms with van der Waals surface area (Å²) in [6.45, 7) is 1.96. The minimum absolute atomic E-state index is 0.167. The van der Waals surface area contributed by atoms with Gasteiger partial charge in [0.1, 0.15) is 11.8 Å². The van der Waals surface area contributed by atoms with Crippen molar-refractivity contribution in [3.05, 3.63) is 41.5 Å². The van der Waals surface area contributed by atoms with Crippen LogP contribution in [0.5, 0.6) is 5.75 Å². The number of nitriles is 1. The van der Waals surface area contributed by atoms with Gasteiger partial charge in [0.15, 0.2) is 6.61 Å². The Morgan fingerprint density at radius 1 is 1.55 bits per heavy atom. The normalized spacial score (nSPS) is 17.6. The first-order valence-electron chi connectivity index (χ1n) is 7.28. The lowest BCUT2D eigenvalue weighted by Crippen LogP contribution is -2.25. The molecule has 0 bridgehead atoms. The monoisotopic (exact) mass is 297 g/mol. The van der Waals surface area contributed by atoms with Crippen molar-refractivity contribution in [1.29, 1.82) is 5.26 Å². The lowest BCUT2D eigenvalue weighted by Gasteiger charge is -2.15. The molecule has 0 saturated carbocycles. The van der Waals surface area contributed by atoms with Crippen molar-refractivity contribution in [2.75, 3.05) is 6.61 Å². The molecule has 0 aromatic heterocycles. The zero-order valence-corrected chi connectivity index (χ0v) is 12.6. The van der Waals surface area contributed by atoms with E-state index in [0.29, 0.717) is 17.2 Å². The second kappa shape index (κ2) is 7.99. The fraction of sp³-hybridized carbons (Fsp3) is 0.353. The van der Waals surface area contributed by atoms with Gasteiger partial charge in [-0.15, -0.1) is 0 Å². The molecular formula is C17H19N3O2. The Morgan fingerprint density at radius 3 is 3.09 bits per heavy atom. The number of amides is 1. The number of hydrazone groups is 1. The third-order valence-corrected chi connectivity index (χ3v) is 3.52. The van der Waals surface area contributed by atoms with E-state index in [0.717, 1.165) is 19.3 Å². The molecule has 0 radical (unpaired) electrons. The molecule has 1 N–H and O–H groups in total. The summed E-state index contributed by atoms with van der Waals surface area (Å²) in [6.07, 6.45) is 7.11. The Hall–Kier alpha value is -2.61. The van der Waals surface area contributed by atoms with Crippen LogP contribution < -0.4 is 10.2 Å². The zero-order valence-electron chi connectivity index (χ0n) is 12.6. The molecule has 1 aromatic carbocycles. The topological polar surface area (TPSA) is 74.5 Å². The highest BCUT2D eigenvalue weighted by Gasteiger charge is 2.10. The van der Waals surface area contributed by atoms with Crippen LogP contribution in [0.25, 0.3) is 0 Å². The van der Waals surface area contributed by atoms with E-state index in [1.54, 1.807) is 30.5 Å². The maximum atomic E-state index is 11.7. The Kier molecular flexibility index (Phi) is 5.73. The van der Waals surface area contributed by atoms with Crippen molar-refractivity contribution >= 4 is 12.1 Å². The number of hydrogen-bond acceptors (Lipinski definition) is 4. The molecule has 0 fully saturated rings. The number of ether oxygens (including phenoxy) is 1. The summed E-state index contributed by atoms with van der Waals surface area (Å²) in [7, 11) is 0. The number of benzene rings is 1. The van der Waals surface area contributed by atoms with E-state index in [2.05, 4.69) is 23.5 Å². The average Bonchev–Trinajstić information content (AvgIpc) is 2.55. The molecule has 0 aliphatic heterocycles. The van der Waals surface area contributed by atoms with Gasteiger partial charge in [-0.2, -0.15) is 10.4 Å². The third-order valence-electron chi connectivity index (χ3n) is 3.52. The van der Waals surface area contributed by atoms with Gasteiger partial charge < -0.3 is 4.74 Å². The number of carbonyl (C=O) groups excluding carboxylic acids is 1. The number of nitrogens with zero attached hydrogens (tertiary/aromatic N) is 2. The van der Waals surface area contributed by atoms with Crippen molar-refractivity contribution in [2.24, 2.45) is 11.0 Å². The van der Waals surface area contributed by atoms with Crippen molar-refractivity contribution in [3.8, 4) is 11.8 Å². The number of carbonyl (C=O) groups is 1. The van der Waals surface area contributed by atoms with Gasteiger partial charge in [-0.1, -0.05) is 23.8 Å². The van der Waals surface area contributed by atoms with Gasteiger partial charge in [-0.3, -0.25) is 4.79 Å². The summed E-state index contributed by atoms with van der Waals surface area (Å²) in [5, 5.41) is 12.9. The van der Waals surface area contributed by atoms with Crippen LogP contribution in [-0.2, 0) is 4.79 Å². The smallest absolute Gasteiger partial charge is 0.277 e. The van der Waals surface area contributed by atoms with Crippen molar-refractivity contribution in [2.45, 2.75) is 26.2 Å². The minimum atomic E-state index is -0.341. The fourth-order valence-electron chi connectivity index (χ4n) is 2.20. The molecule has 114 valence electrons. The lowest BCUT2D eigenvalue weighted by molar-refractivity contribution is -0.123. The lowest BCUT2D eigenvalue weighted by atomic mass is 9.91. The molecule has 2 rings (SSSR count). The highest BCUT2D eigenvalue weighted by atomic mass is 16.5. The van der Waals surface area contributed by atoms with Crippen LogP contribution in [0.1, 0.15) is 31.7 Å². The van der Waals surface area contributed by atoms with Gasteiger partial charge in [0.25, 0.3) is 5.91 Å². The fourth-order valence-corrected chi connectivity index (χ4v) is 2.20. The van der Waals surface area contributed by atoms with Crippen LogP contribution in [0, 0.1) is 17.2 Å². The van der Waals surface area contributed by atoms with E-state index in [1.807, 2.05) is 6.07 Å². The van der Waals surface area contributed by atoms with Crippen LogP contribution in [0.4, 0.5) is 0 Å². The molecule has 22 heavy (non-hydrogen) atoms. The molecule has 5 nitrogen and oxygen atoms in total. The SMILES string of the molecule is CC1=CC[C@@H](C=NNC(=O)COc2ccccc2C#N)CC1. The number of nitrogens with one attached hydrogen (secondary N) is 1. The minimum Gasteiger partial charge on any atom is -0.482 e. The van der Waals surface area contributed by atoms with Gasteiger partial charge in [0.2, 0.25) is 0 Å². The predicted molar refractivity (Wildman–Crippen MR) is 84.4 cm³/mol. The molecule has 1 aromatic rings. The molecule has 0 spiro atoms. The van der Waals surface area contributed by atoms with E-state index in [-0.39, 0.29) is 12.5 Å². The quantitative estimate of drug-likeness (QED) is 0.516. The number of para-hydroxylation sites is 1. The second-order valence-corrected chi connectivity index (χ2v) is 5.29. The Bertz CT molecular complexity index is 629. The van der Waals surface area contributed by atoms with Crippen LogP contribution in [0.3, 0.4) is 0 Å². The summed E-state index contributed by atoms with van der Waals surface area (Å²) in [5.41, 5.74) is 4.27. The highest BCUT2D eigenvalue weighted by molar-refractivity contribution is 5.78. The van der Waals surface area contributed by atoms with Gasteiger partial charge in [-0.25, -0.2) is 5.43 Å². The van der Waals surface area contributed by atoms with E-state index < -0.39 is 0 Å². The number of rotatable bonds is 5. The van der Waals surface area contributed by atoms with Crippen LogP contribution in [0.2, 0.25) is 0 Å². The molecule has 1 amide bonds. The van der Waals surface area contributed by atoms with Gasteiger partial charge in [0, 0.05) is 6.21 Å². The van der Waals surface area contributed by atoms with Gasteiger partial charge in [-0.05, 0) is 44.2 Å². The average molecular weight is 297 g/mol. The van der Waals surface area contributed by atoms with Gasteiger partial charge in [0.05, 0.1) is 5.56 Å². The van der Waals surface area contributed by atoms with Crippen molar-refractivity contribution in [1.82, 2.24) is 5.43 Å². The highest BCUT2D eigenvalue weighted by Crippen LogP contribution is 2.21. The summed E-state index contributed by atoms with van der Waals surface area (Å²) in [5.74, 6) is 0.438. The predicted octanol–water partition coefficient (Wildman–Crippen LogP) is 2.79. The first-order chi connectivity index (χ1) is 10.7. The molecule has 1 aliphatic rings. The first kappa shape index (κ1) is 15.8. The summed E-state index contributed by atoms with van der Waals surface area (Å²) >= 11 is 0. The van der Waals surface area contributed by atoms with E-state index >= 15 is 0 Å².